The van der Waals surface area contributed by atoms with Gasteiger partial charge in [0, 0.05) is 43.4 Å². The summed E-state index contributed by atoms with van der Waals surface area (Å²) in [7, 11) is 1.69. The van der Waals surface area contributed by atoms with Crippen LogP contribution in [0.3, 0.4) is 0 Å². The molecule has 0 radical (unpaired) electrons. The number of hydrogen-bond donors (Lipinski definition) is 2. The van der Waals surface area contributed by atoms with E-state index in [-0.39, 0.29) is 36.7 Å². The zero-order chi connectivity index (χ0) is 36.2. The number of aromatic amines is 1. The summed E-state index contributed by atoms with van der Waals surface area (Å²) in [5, 5.41) is 2.72. The number of amides is 2. The Morgan fingerprint density at radius 3 is 2.29 bits per heavy atom. The Kier molecular flexibility index (Phi) is 9.79. The van der Waals surface area contributed by atoms with E-state index in [0.29, 0.717) is 41.6 Å². The van der Waals surface area contributed by atoms with Crippen molar-refractivity contribution in [2.45, 2.75) is 45.5 Å². The minimum atomic E-state index is -0.546. The number of benzene rings is 4. The number of carbonyl (C=O) groups excluding carboxylic acids is 2. The van der Waals surface area contributed by atoms with Gasteiger partial charge in [0.05, 0.1) is 6.54 Å². The van der Waals surface area contributed by atoms with E-state index in [1.807, 2.05) is 54.6 Å². The molecule has 0 spiro atoms. The van der Waals surface area contributed by atoms with Crippen molar-refractivity contribution in [2.24, 2.45) is 5.92 Å². The summed E-state index contributed by atoms with van der Waals surface area (Å²) in [5.74, 6) is 0.164. The summed E-state index contributed by atoms with van der Waals surface area (Å²) in [6.07, 6.45) is 1.82. The molecule has 2 heterocycles. The molecule has 1 saturated carbocycles. The van der Waals surface area contributed by atoms with Gasteiger partial charge in [-0.1, -0.05) is 72.8 Å². The standard InChI is InChI=1S/C40H37FN6O5/c1-45(37(48)30-17-13-27(14-18-30)22-42-39(50)52-25-29-7-3-2-4-8-29)32-19-15-26(16-20-32)21-34-43-35-36(44-34)46(23-28-11-12-28)40(51)47(38(35)49)24-31-9-5-6-10-33(31)41/h2-10,13-20,28H,11-12,21-25H2,1H3,(H,42,50)(H,43,44). The Hall–Kier alpha value is -6.30. The van der Waals surface area contributed by atoms with Crippen molar-refractivity contribution in [1.29, 1.82) is 0 Å². The van der Waals surface area contributed by atoms with Crippen LogP contribution in [0.15, 0.2) is 113 Å². The highest BCUT2D eigenvalue weighted by atomic mass is 19.1. The molecule has 2 aromatic heterocycles. The Labute approximate surface area is 298 Å². The second kappa shape index (κ2) is 14.9. The molecule has 1 fully saturated rings. The zero-order valence-corrected chi connectivity index (χ0v) is 28.6. The maximum absolute atomic E-state index is 14.5. The van der Waals surface area contributed by atoms with Crippen molar-refractivity contribution in [1.82, 2.24) is 24.4 Å². The van der Waals surface area contributed by atoms with Crippen molar-refractivity contribution >= 4 is 28.9 Å². The van der Waals surface area contributed by atoms with Crippen LogP contribution in [-0.2, 0) is 37.4 Å². The minimum Gasteiger partial charge on any atom is -0.445 e. The quantitative estimate of drug-likeness (QED) is 0.167. The Balaban J connectivity index is 1.00. The van der Waals surface area contributed by atoms with Gasteiger partial charge in [-0.05, 0) is 65.8 Å². The zero-order valence-electron chi connectivity index (χ0n) is 28.6. The molecular weight excluding hydrogens is 663 g/mol. The number of aromatic nitrogens is 4. The van der Waals surface area contributed by atoms with Crippen LogP contribution in [0, 0.1) is 11.7 Å². The fraction of sp³-hybridized carbons (Fsp3) is 0.225. The molecule has 0 atom stereocenters. The number of rotatable bonds is 12. The highest BCUT2D eigenvalue weighted by Gasteiger charge is 2.26. The van der Waals surface area contributed by atoms with E-state index in [4.69, 9.17) is 4.74 Å². The summed E-state index contributed by atoms with van der Waals surface area (Å²) in [6, 6.07) is 30.0. The Bertz CT molecular complexity index is 2350. The first-order chi connectivity index (χ1) is 25.2. The van der Waals surface area contributed by atoms with Crippen LogP contribution in [0.5, 0.6) is 0 Å². The fourth-order valence-electron chi connectivity index (χ4n) is 6.01. The molecule has 4 aromatic carbocycles. The molecule has 2 N–H and O–H groups in total. The number of H-pyrrole nitrogens is 1. The highest BCUT2D eigenvalue weighted by Crippen LogP contribution is 2.30. The molecular formula is C40H37FN6O5. The number of carbonyl (C=O) groups is 2. The van der Waals surface area contributed by atoms with E-state index in [9.17, 15) is 23.6 Å². The number of anilines is 1. The molecule has 0 aliphatic heterocycles. The maximum Gasteiger partial charge on any atom is 0.407 e. The lowest BCUT2D eigenvalue weighted by atomic mass is 10.1. The summed E-state index contributed by atoms with van der Waals surface area (Å²) in [4.78, 5) is 61.8. The van der Waals surface area contributed by atoms with Crippen molar-refractivity contribution in [3.8, 4) is 0 Å². The first-order valence-corrected chi connectivity index (χ1v) is 17.1. The summed E-state index contributed by atoms with van der Waals surface area (Å²) in [5.41, 5.74) is 3.47. The monoisotopic (exact) mass is 700 g/mol. The van der Waals surface area contributed by atoms with Gasteiger partial charge >= 0.3 is 11.8 Å². The van der Waals surface area contributed by atoms with Crippen LogP contribution in [0.4, 0.5) is 14.9 Å². The third-order valence-electron chi connectivity index (χ3n) is 9.18. The van der Waals surface area contributed by atoms with E-state index in [1.54, 1.807) is 54.4 Å². The lowest BCUT2D eigenvalue weighted by molar-refractivity contribution is 0.0992. The molecule has 7 rings (SSSR count). The number of alkyl carbamates (subject to hydrolysis) is 1. The van der Waals surface area contributed by atoms with Crippen LogP contribution in [0.2, 0.25) is 0 Å². The largest absolute Gasteiger partial charge is 0.445 e. The van der Waals surface area contributed by atoms with Gasteiger partial charge in [0.1, 0.15) is 23.8 Å². The average molecular weight is 701 g/mol. The number of ether oxygens (including phenoxy) is 1. The molecule has 0 bridgehead atoms. The molecule has 2 amide bonds. The summed E-state index contributed by atoms with van der Waals surface area (Å²) >= 11 is 0. The number of nitrogens with one attached hydrogen (secondary N) is 2. The highest BCUT2D eigenvalue weighted by molar-refractivity contribution is 6.05. The SMILES string of the molecule is CN(C(=O)c1ccc(CNC(=O)OCc2ccccc2)cc1)c1ccc(Cc2nc3c([nH]2)c(=O)n(Cc2ccccc2F)c(=O)n3CC2CC2)cc1. The number of fused-ring (bicyclic) bond motifs is 1. The van der Waals surface area contributed by atoms with Gasteiger partial charge in [0.2, 0.25) is 0 Å². The Morgan fingerprint density at radius 1 is 0.885 bits per heavy atom. The van der Waals surface area contributed by atoms with Gasteiger partial charge in [0.25, 0.3) is 11.5 Å². The molecule has 11 nitrogen and oxygen atoms in total. The van der Waals surface area contributed by atoms with Crippen molar-refractivity contribution in [3.05, 3.63) is 163 Å². The topological polar surface area (TPSA) is 131 Å². The number of nitrogens with zero attached hydrogens (tertiary/aromatic N) is 4. The second-order valence-electron chi connectivity index (χ2n) is 13.0. The van der Waals surface area contributed by atoms with Gasteiger partial charge < -0.3 is 19.9 Å². The van der Waals surface area contributed by atoms with Crippen LogP contribution in [0.25, 0.3) is 11.2 Å². The van der Waals surface area contributed by atoms with Crippen LogP contribution in [0.1, 0.15) is 51.3 Å². The normalized spacial score (nSPS) is 12.5. The van der Waals surface area contributed by atoms with E-state index in [0.717, 1.165) is 34.1 Å². The predicted octanol–water partition coefficient (Wildman–Crippen LogP) is 5.78. The third-order valence-corrected chi connectivity index (χ3v) is 9.18. The van der Waals surface area contributed by atoms with Gasteiger partial charge in [-0.2, -0.15) is 0 Å². The lowest BCUT2D eigenvalue weighted by Crippen LogP contribution is -2.40. The number of hydrogen-bond acceptors (Lipinski definition) is 6. The summed E-state index contributed by atoms with van der Waals surface area (Å²) in [6.45, 7) is 0.696. The smallest absolute Gasteiger partial charge is 0.407 e. The van der Waals surface area contributed by atoms with Crippen molar-refractivity contribution < 1.29 is 18.7 Å². The Morgan fingerprint density at radius 2 is 1.58 bits per heavy atom. The first-order valence-electron chi connectivity index (χ1n) is 17.1. The predicted molar refractivity (Wildman–Crippen MR) is 195 cm³/mol. The van der Waals surface area contributed by atoms with E-state index in [2.05, 4.69) is 15.3 Å². The molecule has 1 aliphatic carbocycles. The van der Waals surface area contributed by atoms with Gasteiger partial charge in [-0.15, -0.1) is 0 Å². The average Bonchev–Trinajstić information content (AvgIpc) is 3.90. The van der Waals surface area contributed by atoms with E-state index < -0.39 is 23.2 Å². The molecule has 12 heteroatoms. The van der Waals surface area contributed by atoms with Gasteiger partial charge in [-0.3, -0.25) is 18.7 Å². The van der Waals surface area contributed by atoms with Crippen LogP contribution in [-0.4, -0.2) is 38.2 Å². The van der Waals surface area contributed by atoms with E-state index in [1.165, 1.54) is 10.6 Å². The molecule has 0 unspecified atom stereocenters. The molecule has 0 saturated heterocycles. The second-order valence-corrected chi connectivity index (χ2v) is 13.0. The van der Waals surface area contributed by atoms with Crippen molar-refractivity contribution in [2.75, 3.05) is 11.9 Å². The third kappa shape index (κ3) is 7.70. The summed E-state index contributed by atoms with van der Waals surface area (Å²) < 4.78 is 22.3. The first kappa shape index (κ1) is 34.2. The van der Waals surface area contributed by atoms with Crippen LogP contribution < -0.4 is 21.5 Å². The van der Waals surface area contributed by atoms with Gasteiger partial charge in [-0.25, -0.2) is 19.0 Å². The van der Waals surface area contributed by atoms with Gasteiger partial charge in [0.15, 0.2) is 5.65 Å². The molecule has 52 heavy (non-hydrogen) atoms. The fourth-order valence-corrected chi connectivity index (χ4v) is 6.01. The van der Waals surface area contributed by atoms with Crippen molar-refractivity contribution in [3.63, 3.8) is 0 Å². The number of imidazole rings is 1. The number of halogens is 1. The maximum atomic E-state index is 14.5. The minimum absolute atomic E-state index is 0.179. The molecule has 264 valence electrons. The molecule has 1 aliphatic rings. The lowest BCUT2D eigenvalue weighted by Gasteiger charge is -2.18. The molecule has 6 aromatic rings. The van der Waals surface area contributed by atoms with E-state index >= 15 is 0 Å². The van der Waals surface area contributed by atoms with Crippen LogP contribution >= 0.6 is 0 Å².